The Balaban J connectivity index is 1.33. The van der Waals surface area contributed by atoms with Gasteiger partial charge < -0.3 is 9.30 Å². The molecule has 0 spiro atoms. The average Bonchev–Trinajstić information content (AvgIpc) is 3.13. The molecule has 3 aromatic heterocycles. The van der Waals surface area contributed by atoms with Crippen molar-refractivity contribution >= 4 is 23.5 Å². The quantitative estimate of drug-likeness (QED) is 0.299. The predicted octanol–water partition coefficient (Wildman–Crippen LogP) is 6.46. The van der Waals surface area contributed by atoms with Crippen molar-refractivity contribution in [2.75, 3.05) is 0 Å². The van der Waals surface area contributed by atoms with E-state index in [1.54, 1.807) is 6.20 Å². The Labute approximate surface area is 197 Å². The standard InChI is InChI=1S/C27H22FN3OS/c1-18-2-7-24(30-13-18)17-32-25-8-9-26-21(11-25)12-27(33)31(26)16-19-3-5-20(6-4-19)22-10-23(28)15-29-14-22/h2-15,33H,16-17H2,1H3. The van der Waals surface area contributed by atoms with Gasteiger partial charge in [0.1, 0.15) is 18.2 Å². The SMILES string of the molecule is Cc1ccc(COc2ccc3c(c2)cc(S)n3Cc2ccc(-c3cncc(F)c3)cc2)nc1. The minimum absolute atomic E-state index is 0.339. The summed E-state index contributed by atoms with van der Waals surface area (Å²) in [5, 5.41) is 1.94. The third-order valence-electron chi connectivity index (χ3n) is 5.54. The number of hydrogen-bond donors (Lipinski definition) is 1. The zero-order valence-electron chi connectivity index (χ0n) is 18.1. The van der Waals surface area contributed by atoms with Gasteiger partial charge in [0.2, 0.25) is 0 Å². The third-order valence-corrected chi connectivity index (χ3v) is 5.91. The lowest BCUT2D eigenvalue weighted by atomic mass is 10.1. The van der Waals surface area contributed by atoms with Gasteiger partial charge in [-0.25, -0.2) is 4.39 Å². The van der Waals surface area contributed by atoms with E-state index < -0.39 is 0 Å². The minimum atomic E-state index is -0.339. The molecule has 0 bridgehead atoms. The summed E-state index contributed by atoms with van der Waals surface area (Å²) in [6, 6.07) is 21.7. The van der Waals surface area contributed by atoms with E-state index in [0.29, 0.717) is 13.2 Å². The lowest BCUT2D eigenvalue weighted by Crippen LogP contribution is -2.00. The second-order valence-corrected chi connectivity index (χ2v) is 8.47. The number of pyridine rings is 2. The molecule has 0 atom stereocenters. The van der Waals surface area contributed by atoms with Crippen LogP contribution in [0.3, 0.4) is 0 Å². The molecule has 0 aliphatic carbocycles. The number of benzene rings is 2. The monoisotopic (exact) mass is 455 g/mol. The van der Waals surface area contributed by atoms with Gasteiger partial charge in [-0.05, 0) is 60.0 Å². The molecule has 6 heteroatoms. The van der Waals surface area contributed by atoms with Crippen LogP contribution in [0.15, 0.2) is 90.3 Å². The first-order valence-electron chi connectivity index (χ1n) is 10.6. The van der Waals surface area contributed by atoms with Gasteiger partial charge in [0, 0.05) is 35.4 Å². The smallest absolute Gasteiger partial charge is 0.142 e. The van der Waals surface area contributed by atoms with Gasteiger partial charge in [0.15, 0.2) is 0 Å². The summed E-state index contributed by atoms with van der Waals surface area (Å²) in [4.78, 5) is 8.31. The molecule has 0 aliphatic heterocycles. The number of halogens is 1. The highest BCUT2D eigenvalue weighted by molar-refractivity contribution is 7.80. The summed E-state index contributed by atoms with van der Waals surface area (Å²) < 4.78 is 21.6. The number of aromatic nitrogens is 3. The van der Waals surface area contributed by atoms with E-state index in [1.165, 1.54) is 12.3 Å². The van der Waals surface area contributed by atoms with Crippen molar-refractivity contribution in [1.82, 2.24) is 14.5 Å². The number of hydrogen-bond acceptors (Lipinski definition) is 4. The lowest BCUT2D eigenvalue weighted by molar-refractivity contribution is 0.301. The molecule has 0 unspecified atom stereocenters. The van der Waals surface area contributed by atoms with E-state index in [0.717, 1.165) is 49.6 Å². The number of fused-ring (bicyclic) bond motifs is 1. The molecule has 0 amide bonds. The van der Waals surface area contributed by atoms with Crippen molar-refractivity contribution in [3.63, 3.8) is 0 Å². The summed E-state index contributed by atoms with van der Waals surface area (Å²) >= 11 is 4.69. The fourth-order valence-electron chi connectivity index (χ4n) is 3.79. The van der Waals surface area contributed by atoms with Gasteiger partial charge in [-0.1, -0.05) is 30.3 Å². The Hall–Kier alpha value is -3.64. The maximum absolute atomic E-state index is 13.5. The zero-order valence-corrected chi connectivity index (χ0v) is 19.0. The predicted molar refractivity (Wildman–Crippen MR) is 131 cm³/mol. The number of thiol groups is 1. The molecule has 0 aliphatic rings. The third kappa shape index (κ3) is 4.76. The highest BCUT2D eigenvalue weighted by Gasteiger charge is 2.09. The number of aryl methyl sites for hydroxylation is 1. The molecular formula is C27H22FN3OS. The van der Waals surface area contributed by atoms with E-state index >= 15 is 0 Å². The van der Waals surface area contributed by atoms with Crippen LogP contribution in [-0.4, -0.2) is 14.5 Å². The maximum Gasteiger partial charge on any atom is 0.142 e. The molecule has 3 heterocycles. The fourth-order valence-corrected chi connectivity index (χ4v) is 4.10. The van der Waals surface area contributed by atoms with Gasteiger partial charge in [0.25, 0.3) is 0 Å². The molecule has 164 valence electrons. The zero-order chi connectivity index (χ0) is 22.8. The molecular weight excluding hydrogens is 433 g/mol. The number of ether oxygens (including phenoxy) is 1. The van der Waals surface area contributed by atoms with Crippen molar-refractivity contribution in [3.8, 4) is 16.9 Å². The summed E-state index contributed by atoms with van der Waals surface area (Å²) in [6.07, 6.45) is 4.72. The highest BCUT2D eigenvalue weighted by atomic mass is 32.1. The van der Waals surface area contributed by atoms with E-state index in [9.17, 15) is 4.39 Å². The first-order chi connectivity index (χ1) is 16.0. The summed E-state index contributed by atoms with van der Waals surface area (Å²) in [6.45, 7) is 3.12. The van der Waals surface area contributed by atoms with E-state index in [-0.39, 0.29) is 5.82 Å². The van der Waals surface area contributed by atoms with Crippen LogP contribution in [0.2, 0.25) is 0 Å². The van der Waals surface area contributed by atoms with Crippen LogP contribution in [-0.2, 0) is 13.2 Å². The van der Waals surface area contributed by atoms with Crippen molar-refractivity contribution in [2.24, 2.45) is 0 Å². The molecule has 2 aromatic carbocycles. The lowest BCUT2D eigenvalue weighted by Gasteiger charge is -2.10. The Morgan fingerprint density at radius 2 is 1.76 bits per heavy atom. The van der Waals surface area contributed by atoms with Crippen molar-refractivity contribution in [2.45, 2.75) is 25.1 Å². The van der Waals surface area contributed by atoms with Crippen LogP contribution in [0.1, 0.15) is 16.8 Å². The van der Waals surface area contributed by atoms with Crippen molar-refractivity contribution < 1.29 is 9.13 Å². The van der Waals surface area contributed by atoms with Gasteiger partial charge in [-0.2, -0.15) is 0 Å². The molecule has 5 rings (SSSR count). The Bertz CT molecular complexity index is 1410. The fraction of sp³-hybridized carbons (Fsp3) is 0.111. The van der Waals surface area contributed by atoms with Crippen LogP contribution in [0, 0.1) is 12.7 Å². The van der Waals surface area contributed by atoms with E-state index in [2.05, 4.69) is 20.6 Å². The van der Waals surface area contributed by atoms with Crippen molar-refractivity contribution in [1.29, 1.82) is 0 Å². The van der Waals surface area contributed by atoms with Crippen LogP contribution < -0.4 is 4.74 Å². The van der Waals surface area contributed by atoms with Crippen LogP contribution >= 0.6 is 12.6 Å². The number of nitrogens with zero attached hydrogens (tertiary/aromatic N) is 3. The van der Waals surface area contributed by atoms with E-state index in [4.69, 9.17) is 17.4 Å². The highest BCUT2D eigenvalue weighted by Crippen LogP contribution is 2.28. The molecule has 0 N–H and O–H groups in total. The van der Waals surface area contributed by atoms with E-state index in [1.807, 2.05) is 67.7 Å². The summed E-state index contributed by atoms with van der Waals surface area (Å²) in [5.41, 5.74) is 5.92. The molecule has 4 nitrogen and oxygen atoms in total. The first kappa shape index (κ1) is 21.2. The van der Waals surface area contributed by atoms with Crippen LogP contribution in [0.5, 0.6) is 5.75 Å². The van der Waals surface area contributed by atoms with Gasteiger partial charge in [0.05, 0.1) is 16.9 Å². The second-order valence-electron chi connectivity index (χ2n) is 8.01. The summed E-state index contributed by atoms with van der Waals surface area (Å²) in [7, 11) is 0. The molecule has 0 radical (unpaired) electrons. The molecule has 5 aromatic rings. The maximum atomic E-state index is 13.5. The van der Waals surface area contributed by atoms with Gasteiger partial charge >= 0.3 is 0 Å². The second kappa shape index (κ2) is 9.08. The molecule has 0 fully saturated rings. The van der Waals surface area contributed by atoms with Crippen LogP contribution in [0.4, 0.5) is 4.39 Å². The molecule has 0 saturated heterocycles. The van der Waals surface area contributed by atoms with Gasteiger partial charge in [-0.3, -0.25) is 9.97 Å². The molecule has 33 heavy (non-hydrogen) atoms. The first-order valence-corrected chi connectivity index (χ1v) is 11.1. The molecule has 0 saturated carbocycles. The Kier molecular flexibility index (Phi) is 5.84. The minimum Gasteiger partial charge on any atom is -0.487 e. The van der Waals surface area contributed by atoms with Crippen LogP contribution in [0.25, 0.3) is 22.0 Å². The summed E-state index contributed by atoms with van der Waals surface area (Å²) in [5.74, 6) is 0.456. The largest absolute Gasteiger partial charge is 0.487 e. The topological polar surface area (TPSA) is 39.9 Å². The Morgan fingerprint density at radius 1 is 0.909 bits per heavy atom. The van der Waals surface area contributed by atoms with Crippen molar-refractivity contribution in [3.05, 3.63) is 108 Å². The van der Waals surface area contributed by atoms with Gasteiger partial charge in [-0.15, -0.1) is 12.6 Å². The number of rotatable bonds is 6. The average molecular weight is 456 g/mol. The Morgan fingerprint density at radius 3 is 2.52 bits per heavy atom. The normalized spacial score (nSPS) is 11.1.